The minimum Gasteiger partial charge on any atom is -0.497 e. The fourth-order valence-corrected chi connectivity index (χ4v) is 4.25. The predicted molar refractivity (Wildman–Crippen MR) is 116 cm³/mol. The van der Waals surface area contributed by atoms with Crippen LogP contribution < -0.4 is 9.64 Å². The molecule has 0 N–H and O–H groups in total. The van der Waals surface area contributed by atoms with Gasteiger partial charge in [-0.15, -0.1) is 0 Å². The molecule has 1 aliphatic heterocycles. The number of piperidine rings is 1. The van der Waals surface area contributed by atoms with E-state index in [9.17, 15) is 4.79 Å². The minimum absolute atomic E-state index is 0.0736. The van der Waals surface area contributed by atoms with Gasteiger partial charge < -0.3 is 19.0 Å². The summed E-state index contributed by atoms with van der Waals surface area (Å²) in [5, 5.41) is 0. The molecule has 2 fully saturated rings. The number of fused-ring (bicyclic) bond motifs is 1. The number of amides is 1. The zero-order valence-corrected chi connectivity index (χ0v) is 17.3. The molecule has 1 saturated carbocycles. The number of carbonyl (C=O) groups excluding carboxylic acids is 1. The van der Waals surface area contributed by atoms with Crippen LogP contribution in [0.1, 0.15) is 31.2 Å². The lowest BCUT2D eigenvalue weighted by Gasteiger charge is -2.33. The molecular weight excluding hydrogens is 378 g/mol. The number of hydrogen-bond donors (Lipinski definition) is 0. The molecule has 2 aromatic carbocycles. The average Bonchev–Trinajstić information content (AvgIpc) is 3.55. The number of benzene rings is 2. The maximum atomic E-state index is 13.3. The topological polar surface area (TPSA) is 58.8 Å². The summed E-state index contributed by atoms with van der Waals surface area (Å²) in [7, 11) is 1.67. The van der Waals surface area contributed by atoms with Crippen LogP contribution in [-0.4, -0.2) is 42.0 Å². The third kappa shape index (κ3) is 3.86. The molecule has 2 aliphatic rings. The van der Waals surface area contributed by atoms with Crippen molar-refractivity contribution in [3.05, 3.63) is 54.1 Å². The predicted octanol–water partition coefficient (Wildman–Crippen LogP) is 4.24. The molecule has 5 rings (SSSR count). The zero-order chi connectivity index (χ0) is 20.5. The molecule has 0 radical (unpaired) electrons. The largest absolute Gasteiger partial charge is 0.497 e. The SMILES string of the molecule is COc1ccc(CN(C(=O)C2CCN(c3nc4ccccc4o3)CC2)C2CC2)cc1. The van der Waals surface area contributed by atoms with Gasteiger partial charge in [-0.2, -0.15) is 4.98 Å². The number of nitrogens with zero attached hydrogens (tertiary/aromatic N) is 3. The third-order valence-electron chi connectivity index (χ3n) is 6.18. The fraction of sp³-hybridized carbons (Fsp3) is 0.417. The summed E-state index contributed by atoms with van der Waals surface area (Å²) in [6.45, 7) is 2.27. The van der Waals surface area contributed by atoms with E-state index in [4.69, 9.17) is 9.15 Å². The summed E-state index contributed by atoms with van der Waals surface area (Å²) < 4.78 is 11.2. The van der Waals surface area contributed by atoms with Gasteiger partial charge in [-0.25, -0.2) is 0 Å². The van der Waals surface area contributed by atoms with E-state index in [1.807, 2.05) is 36.4 Å². The minimum atomic E-state index is 0.0736. The average molecular weight is 405 g/mol. The van der Waals surface area contributed by atoms with Gasteiger partial charge in [-0.3, -0.25) is 4.79 Å². The quantitative estimate of drug-likeness (QED) is 0.614. The first-order valence-corrected chi connectivity index (χ1v) is 10.7. The molecular formula is C24H27N3O3. The Morgan fingerprint density at radius 2 is 1.83 bits per heavy atom. The Balaban J connectivity index is 1.23. The Labute approximate surface area is 176 Å². The number of rotatable bonds is 6. The Morgan fingerprint density at radius 3 is 2.50 bits per heavy atom. The highest BCUT2D eigenvalue weighted by Gasteiger charge is 2.37. The van der Waals surface area contributed by atoms with E-state index in [1.54, 1.807) is 7.11 Å². The molecule has 6 nitrogen and oxygen atoms in total. The van der Waals surface area contributed by atoms with Crippen molar-refractivity contribution >= 4 is 23.0 Å². The van der Waals surface area contributed by atoms with Crippen molar-refractivity contribution in [2.45, 2.75) is 38.3 Å². The molecule has 0 atom stereocenters. The molecule has 0 spiro atoms. The second-order valence-electron chi connectivity index (χ2n) is 8.27. The first-order chi connectivity index (χ1) is 14.7. The van der Waals surface area contributed by atoms with Crippen LogP contribution in [-0.2, 0) is 11.3 Å². The summed E-state index contributed by atoms with van der Waals surface area (Å²) in [4.78, 5) is 22.2. The summed E-state index contributed by atoms with van der Waals surface area (Å²) >= 11 is 0. The third-order valence-corrected chi connectivity index (χ3v) is 6.18. The molecule has 2 heterocycles. The monoisotopic (exact) mass is 405 g/mol. The maximum Gasteiger partial charge on any atom is 0.298 e. The number of oxazole rings is 1. The molecule has 1 amide bonds. The molecule has 1 saturated heterocycles. The maximum absolute atomic E-state index is 13.3. The van der Waals surface area contributed by atoms with Crippen LogP contribution in [0.2, 0.25) is 0 Å². The molecule has 156 valence electrons. The standard InChI is InChI=1S/C24H27N3O3/c1-29-20-10-6-17(7-11-20)16-27(19-8-9-19)23(28)18-12-14-26(15-13-18)24-25-21-4-2-3-5-22(21)30-24/h2-7,10-11,18-19H,8-9,12-16H2,1H3. The van der Waals surface area contributed by atoms with Crippen LogP contribution in [0.3, 0.4) is 0 Å². The Bertz CT molecular complexity index is 985. The van der Waals surface area contributed by atoms with Crippen LogP contribution >= 0.6 is 0 Å². The van der Waals surface area contributed by atoms with Gasteiger partial charge >= 0.3 is 0 Å². The van der Waals surface area contributed by atoms with E-state index in [0.717, 1.165) is 61.2 Å². The van der Waals surface area contributed by atoms with E-state index in [0.29, 0.717) is 24.5 Å². The van der Waals surface area contributed by atoms with E-state index in [1.165, 1.54) is 0 Å². The Hall–Kier alpha value is -3.02. The number of hydrogen-bond acceptors (Lipinski definition) is 5. The smallest absolute Gasteiger partial charge is 0.298 e. The number of methoxy groups -OCH3 is 1. The molecule has 1 aliphatic carbocycles. The van der Waals surface area contributed by atoms with E-state index in [-0.39, 0.29) is 5.92 Å². The Kier molecular flexibility index (Phi) is 5.07. The Morgan fingerprint density at radius 1 is 1.10 bits per heavy atom. The van der Waals surface area contributed by atoms with Gasteiger partial charge in [0.1, 0.15) is 11.3 Å². The van der Waals surface area contributed by atoms with E-state index in [2.05, 4.69) is 26.9 Å². The first kappa shape index (κ1) is 19.0. The van der Waals surface area contributed by atoms with Gasteiger partial charge in [0.05, 0.1) is 7.11 Å². The van der Waals surface area contributed by atoms with Crippen molar-refractivity contribution in [2.75, 3.05) is 25.1 Å². The lowest BCUT2D eigenvalue weighted by molar-refractivity contribution is -0.137. The van der Waals surface area contributed by atoms with E-state index < -0.39 is 0 Å². The highest BCUT2D eigenvalue weighted by molar-refractivity contribution is 5.80. The van der Waals surface area contributed by atoms with Gasteiger partial charge in [-0.1, -0.05) is 24.3 Å². The zero-order valence-electron chi connectivity index (χ0n) is 17.3. The highest BCUT2D eigenvalue weighted by atomic mass is 16.5. The van der Waals surface area contributed by atoms with Crippen LogP contribution in [0.15, 0.2) is 52.9 Å². The lowest BCUT2D eigenvalue weighted by atomic mass is 9.95. The summed E-state index contributed by atoms with van der Waals surface area (Å²) in [6, 6.07) is 16.9. The second kappa shape index (κ2) is 8.01. The number of para-hydroxylation sites is 2. The van der Waals surface area contributed by atoms with Crippen molar-refractivity contribution < 1.29 is 13.9 Å². The van der Waals surface area contributed by atoms with Crippen molar-refractivity contribution in [1.29, 1.82) is 0 Å². The van der Waals surface area contributed by atoms with Crippen LogP contribution in [0.5, 0.6) is 5.75 Å². The van der Waals surface area contributed by atoms with Gasteiger partial charge in [0.25, 0.3) is 6.01 Å². The fourth-order valence-electron chi connectivity index (χ4n) is 4.25. The van der Waals surface area contributed by atoms with E-state index >= 15 is 0 Å². The normalized spacial score (nSPS) is 17.3. The first-order valence-electron chi connectivity index (χ1n) is 10.7. The number of carbonyl (C=O) groups is 1. The van der Waals surface area contributed by atoms with Gasteiger partial charge in [0.15, 0.2) is 5.58 Å². The van der Waals surface area contributed by atoms with Crippen LogP contribution in [0, 0.1) is 5.92 Å². The molecule has 0 bridgehead atoms. The number of ether oxygens (including phenoxy) is 1. The van der Waals surface area contributed by atoms with Gasteiger partial charge in [0.2, 0.25) is 5.91 Å². The van der Waals surface area contributed by atoms with Crippen LogP contribution in [0.4, 0.5) is 6.01 Å². The van der Waals surface area contributed by atoms with Crippen molar-refractivity contribution in [1.82, 2.24) is 9.88 Å². The van der Waals surface area contributed by atoms with Crippen molar-refractivity contribution in [3.8, 4) is 5.75 Å². The van der Waals surface area contributed by atoms with Crippen molar-refractivity contribution in [3.63, 3.8) is 0 Å². The highest BCUT2D eigenvalue weighted by Crippen LogP contribution is 2.33. The van der Waals surface area contributed by atoms with Crippen LogP contribution in [0.25, 0.3) is 11.1 Å². The van der Waals surface area contributed by atoms with Gasteiger partial charge in [0, 0.05) is 31.6 Å². The molecule has 0 unspecified atom stereocenters. The summed E-state index contributed by atoms with van der Waals surface area (Å²) in [5.41, 5.74) is 2.84. The number of anilines is 1. The molecule has 30 heavy (non-hydrogen) atoms. The summed E-state index contributed by atoms with van der Waals surface area (Å²) in [5.74, 6) is 1.21. The number of aromatic nitrogens is 1. The summed E-state index contributed by atoms with van der Waals surface area (Å²) in [6.07, 6.45) is 3.90. The molecule has 6 heteroatoms. The van der Waals surface area contributed by atoms with Crippen molar-refractivity contribution in [2.24, 2.45) is 5.92 Å². The lowest BCUT2D eigenvalue weighted by Crippen LogP contribution is -2.43. The second-order valence-corrected chi connectivity index (χ2v) is 8.27. The molecule has 1 aromatic heterocycles. The van der Waals surface area contributed by atoms with Gasteiger partial charge in [-0.05, 0) is 55.5 Å². The molecule has 3 aromatic rings.